The fourth-order valence-corrected chi connectivity index (χ4v) is 3.18. The maximum atomic E-state index is 4.47. The van der Waals surface area contributed by atoms with E-state index in [4.69, 9.17) is 0 Å². The van der Waals surface area contributed by atoms with Gasteiger partial charge in [0, 0.05) is 24.8 Å². The minimum Gasteiger partial charge on any atom is -0.316 e. The fraction of sp³-hybridized carbons (Fsp3) is 0.227. The molecule has 0 aliphatic heterocycles. The third-order valence-electron chi connectivity index (χ3n) is 4.69. The third-order valence-corrected chi connectivity index (χ3v) is 4.69. The lowest BCUT2D eigenvalue weighted by molar-refractivity contribution is 0.594. The molecule has 0 saturated carbocycles. The van der Waals surface area contributed by atoms with E-state index in [1.807, 2.05) is 23.0 Å². The first-order chi connectivity index (χ1) is 13.8. The summed E-state index contributed by atoms with van der Waals surface area (Å²) >= 11 is 0. The quantitative estimate of drug-likeness (QED) is 0.515. The second-order valence-corrected chi connectivity index (χ2v) is 6.91. The van der Waals surface area contributed by atoms with Gasteiger partial charge in [0.05, 0.1) is 18.4 Å². The van der Waals surface area contributed by atoms with E-state index in [1.165, 1.54) is 11.1 Å². The van der Waals surface area contributed by atoms with Gasteiger partial charge in [0.15, 0.2) is 0 Å². The highest BCUT2D eigenvalue weighted by molar-refractivity contribution is 5.35. The molecular weight excluding hydrogens is 348 g/mol. The van der Waals surface area contributed by atoms with Gasteiger partial charge in [-0.25, -0.2) is 4.68 Å². The van der Waals surface area contributed by atoms with E-state index in [1.54, 1.807) is 6.33 Å². The maximum Gasteiger partial charge on any atom is 0.146 e. The van der Waals surface area contributed by atoms with Crippen LogP contribution >= 0.6 is 0 Å². The molecule has 0 amide bonds. The summed E-state index contributed by atoms with van der Waals surface area (Å²) in [5.74, 6) is 0.946. The first-order valence-corrected chi connectivity index (χ1v) is 9.50. The van der Waals surface area contributed by atoms with Crippen LogP contribution in [0, 0.1) is 6.92 Å². The van der Waals surface area contributed by atoms with Crippen molar-refractivity contribution < 1.29 is 0 Å². The molecule has 1 N–H and O–H groups in total. The summed E-state index contributed by atoms with van der Waals surface area (Å²) in [7, 11) is 0. The van der Waals surface area contributed by atoms with E-state index in [-0.39, 0.29) is 0 Å². The molecule has 4 aromatic rings. The van der Waals surface area contributed by atoms with Crippen molar-refractivity contribution in [1.29, 1.82) is 0 Å². The molecule has 0 fully saturated rings. The summed E-state index contributed by atoms with van der Waals surface area (Å²) < 4.78 is 4.02. The van der Waals surface area contributed by atoms with E-state index >= 15 is 0 Å². The lowest BCUT2D eigenvalue weighted by Crippen LogP contribution is -2.17. The van der Waals surface area contributed by atoms with E-state index in [0.717, 1.165) is 36.6 Å². The number of aryl methyl sites for hydroxylation is 3. The Morgan fingerprint density at radius 2 is 1.86 bits per heavy atom. The minimum atomic E-state index is 0.671. The lowest BCUT2D eigenvalue weighted by Gasteiger charge is -2.07. The molecule has 0 unspecified atom stereocenters. The van der Waals surface area contributed by atoms with Gasteiger partial charge in [-0.3, -0.25) is 0 Å². The average molecular weight is 372 g/mol. The van der Waals surface area contributed by atoms with Gasteiger partial charge in [0.25, 0.3) is 0 Å². The number of nitrogens with one attached hydrogen (secondary N) is 1. The Morgan fingerprint density at radius 1 is 0.964 bits per heavy atom. The molecule has 0 aliphatic rings. The average Bonchev–Trinajstić information content (AvgIpc) is 3.37. The molecule has 6 heteroatoms. The van der Waals surface area contributed by atoms with Crippen molar-refractivity contribution in [2.24, 2.45) is 0 Å². The van der Waals surface area contributed by atoms with Crippen LogP contribution in [0.5, 0.6) is 0 Å². The second kappa shape index (κ2) is 8.63. The van der Waals surface area contributed by atoms with E-state index < -0.39 is 0 Å². The molecule has 4 rings (SSSR count). The molecule has 0 aliphatic carbocycles. The predicted molar refractivity (Wildman–Crippen MR) is 109 cm³/mol. The van der Waals surface area contributed by atoms with Crippen molar-refractivity contribution in [3.63, 3.8) is 0 Å². The molecule has 28 heavy (non-hydrogen) atoms. The third kappa shape index (κ3) is 4.53. The number of hydrogen-bond donors (Lipinski definition) is 1. The Bertz CT molecular complexity index is 1020. The van der Waals surface area contributed by atoms with Crippen LogP contribution < -0.4 is 5.32 Å². The molecule has 0 atom stereocenters. The van der Waals surface area contributed by atoms with Crippen molar-refractivity contribution in [2.75, 3.05) is 0 Å². The van der Waals surface area contributed by atoms with Crippen LogP contribution in [0.15, 0.2) is 73.3 Å². The number of benzene rings is 2. The van der Waals surface area contributed by atoms with Crippen molar-refractivity contribution in [2.45, 2.75) is 33.0 Å². The number of hydrogen-bond acceptors (Lipinski definition) is 4. The first kappa shape index (κ1) is 18.1. The Hall–Kier alpha value is -3.25. The van der Waals surface area contributed by atoms with Crippen LogP contribution in [0.25, 0.3) is 5.69 Å². The van der Waals surface area contributed by atoms with Gasteiger partial charge in [-0.2, -0.15) is 5.10 Å². The van der Waals surface area contributed by atoms with Crippen LogP contribution in [0.4, 0.5) is 0 Å². The molecule has 2 heterocycles. The van der Waals surface area contributed by atoms with Gasteiger partial charge in [-0.05, 0) is 36.6 Å². The molecule has 0 bridgehead atoms. The normalized spacial score (nSPS) is 11.0. The van der Waals surface area contributed by atoms with Gasteiger partial charge >= 0.3 is 0 Å². The predicted octanol–water partition coefficient (Wildman–Crippen LogP) is 3.30. The summed E-state index contributed by atoms with van der Waals surface area (Å²) in [6.45, 7) is 4.37. The lowest BCUT2D eigenvalue weighted by atomic mass is 10.1. The van der Waals surface area contributed by atoms with Crippen LogP contribution in [-0.4, -0.2) is 24.5 Å². The minimum absolute atomic E-state index is 0.671. The number of nitrogens with zero attached hydrogens (tertiary/aromatic N) is 5. The van der Waals surface area contributed by atoms with E-state index in [0.29, 0.717) is 6.54 Å². The van der Waals surface area contributed by atoms with Gasteiger partial charge in [0.2, 0.25) is 0 Å². The summed E-state index contributed by atoms with van der Waals surface area (Å²) in [6.07, 6.45) is 6.72. The molecule has 6 nitrogen and oxygen atoms in total. The standard InChI is InChI=1S/C22H24N6/c1-18-6-5-9-21(12-18)28-16-20(14-25-28)13-23-15-22-26-24-17-27(22)11-10-19-7-3-2-4-8-19/h2-9,12,14,16-17,23H,10-11,13,15H2,1H3. The Balaban J connectivity index is 1.31. The van der Waals surface area contributed by atoms with E-state index in [2.05, 4.69) is 80.8 Å². The topological polar surface area (TPSA) is 60.6 Å². The Labute approximate surface area is 164 Å². The van der Waals surface area contributed by atoms with Crippen molar-refractivity contribution in [1.82, 2.24) is 29.9 Å². The summed E-state index contributed by atoms with van der Waals surface area (Å²) in [5.41, 5.74) is 4.75. The van der Waals surface area contributed by atoms with Crippen LogP contribution in [0.3, 0.4) is 0 Å². The van der Waals surface area contributed by atoms with Crippen molar-refractivity contribution in [3.05, 3.63) is 95.8 Å². The van der Waals surface area contributed by atoms with Crippen molar-refractivity contribution in [3.8, 4) is 5.69 Å². The molecule has 0 radical (unpaired) electrons. The van der Waals surface area contributed by atoms with Crippen molar-refractivity contribution >= 4 is 0 Å². The highest BCUT2D eigenvalue weighted by atomic mass is 15.3. The van der Waals surface area contributed by atoms with E-state index in [9.17, 15) is 0 Å². The van der Waals surface area contributed by atoms with Gasteiger partial charge in [0.1, 0.15) is 12.2 Å². The highest BCUT2D eigenvalue weighted by Crippen LogP contribution is 2.10. The molecule has 142 valence electrons. The second-order valence-electron chi connectivity index (χ2n) is 6.91. The van der Waals surface area contributed by atoms with Gasteiger partial charge < -0.3 is 9.88 Å². The van der Waals surface area contributed by atoms with Crippen LogP contribution in [0.2, 0.25) is 0 Å². The highest BCUT2D eigenvalue weighted by Gasteiger charge is 2.06. The fourth-order valence-electron chi connectivity index (χ4n) is 3.18. The molecule has 0 saturated heterocycles. The van der Waals surface area contributed by atoms with Gasteiger partial charge in [-0.15, -0.1) is 10.2 Å². The summed E-state index contributed by atoms with van der Waals surface area (Å²) in [4.78, 5) is 0. The summed E-state index contributed by atoms with van der Waals surface area (Å²) in [6, 6.07) is 18.8. The number of rotatable bonds is 8. The zero-order valence-corrected chi connectivity index (χ0v) is 16.0. The van der Waals surface area contributed by atoms with Gasteiger partial charge in [-0.1, -0.05) is 42.5 Å². The molecular formula is C22H24N6. The van der Waals surface area contributed by atoms with Crippen LogP contribution in [-0.2, 0) is 26.1 Å². The monoisotopic (exact) mass is 372 g/mol. The Kier molecular flexibility index (Phi) is 5.58. The smallest absolute Gasteiger partial charge is 0.146 e. The largest absolute Gasteiger partial charge is 0.316 e. The molecule has 0 spiro atoms. The van der Waals surface area contributed by atoms with Crippen LogP contribution in [0.1, 0.15) is 22.5 Å². The number of aromatic nitrogens is 5. The molecule has 2 aromatic carbocycles. The SMILES string of the molecule is Cc1cccc(-n2cc(CNCc3nncn3CCc3ccccc3)cn2)c1. The molecule has 2 aromatic heterocycles. The maximum absolute atomic E-state index is 4.47. The summed E-state index contributed by atoms with van der Waals surface area (Å²) in [5, 5.41) is 16.2. The first-order valence-electron chi connectivity index (χ1n) is 9.50. The Morgan fingerprint density at radius 3 is 2.71 bits per heavy atom. The zero-order valence-electron chi connectivity index (χ0n) is 16.0. The zero-order chi connectivity index (χ0) is 19.2.